The van der Waals surface area contributed by atoms with Gasteiger partial charge in [-0.1, -0.05) is 25.7 Å². The number of unbranched alkanes of at least 4 members (excludes halogenated alkanes) is 1. The Bertz CT molecular complexity index is 449. The van der Waals surface area contributed by atoms with Crippen LogP contribution >= 0.6 is 0 Å². The van der Waals surface area contributed by atoms with Crippen LogP contribution in [-0.4, -0.2) is 25.6 Å². The Morgan fingerprint density at radius 1 is 1.40 bits per heavy atom. The molecule has 2 N–H and O–H groups in total. The summed E-state index contributed by atoms with van der Waals surface area (Å²) in [6, 6.07) is 6.99. The summed E-state index contributed by atoms with van der Waals surface area (Å²) in [6.07, 6.45) is 8.04. The lowest BCUT2D eigenvalue weighted by atomic mass is 10.1. The highest BCUT2D eigenvalue weighted by molar-refractivity contribution is 5.94. The molecular formula is C16H22N2O2. The van der Waals surface area contributed by atoms with Gasteiger partial charge in [0.05, 0.1) is 19.7 Å². The summed E-state index contributed by atoms with van der Waals surface area (Å²) in [4.78, 5) is 12.2. The van der Waals surface area contributed by atoms with Gasteiger partial charge in [-0.25, -0.2) is 0 Å². The first-order valence-corrected chi connectivity index (χ1v) is 6.83. The number of benzene rings is 1. The van der Waals surface area contributed by atoms with E-state index in [2.05, 4.69) is 23.5 Å². The van der Waals surface area contributed by atoms with Crippen LogP contribution in [0.2, 0.25) is 0 Å². The Labute approximate surface area is 120 Å². The molecular weight excluding hydrogens is 252 g/mol. The van der Waals surface area contributed by atoms with Crippen molar-refractivity contribution >= 4 is 11.6 Å². The van der Waals surface area contributed by atoms with E-state index in [0.29, 0.717) is 6.54 Å². The van der Waals surface area contributed by atoms with E-state index < -0.39 is 0 Å². The molecule has 0 saturated heterocycles. The van der Waals surface area contributed by atoms with Crippen LogP contribution in [0.15, 0.2) is 24.3 Å². The van der Waals surface area contributed by atoms with Gasteiger partial charge in [0, 0.05) is 5.69 Å². The van der Waals surface area contributed by atoms with Crippen LogP contribution in [0.3, 0.4) is 0 Å². The lowest BCUT2D eigenvalue weighted by Gasteiger charge is -2.17. The molecule has 1 unspecified atom stereocenters. The van der Waals surface area contributed by atoms with E-state index in [4.69, 9.17) is 11.2 Å². The summed E-state index contributed by atoms with van der Waals surface area (Å²) < 4.78 is 5.08. The normalized spacial score (nSPS) is 11.4. The summed E-state index contributed by atoms with van der Waals surface area (Å²) in [5.41, 5.74) is 0.750. The average Bonchev–Trinajstić information content (AvgIpc) is 2.48. The molecule has 108 valence electrons. The largest absolute Gasteiger partial charge is 0.497 e. The first-order valence-electron chi connectivity index (χ1n) is 6.83. The molecule has 0 aliphatic carbocycles. The van der Waals surface area contributed by atoms with E-state index in [1.54, 1.807) is 7.11 Å². The number of hydrogen-bond acceptors (Lipinski definition) is 3. The first kappa shape index (κ1) is 16.1. The molecule has 0 fully saturated rings. The molecule has 0 radical (unpaired) electrons. The van der Waals surface area contributed by atoms with Crippen molar-refractivity contribution in [3.8, 4) is 18.1 Å². The average molecular weight is 274 g/mol. The zero-order chi connectivity index (χ0) is 14.8. The van der Waals surface area contributed by atoms with E-state index in [1.165, 1.54) is 0 Å². The minimum absolute atomic E-state index is 0.0566. The topological polar surface area (TPSA) is 50.4 Å². The summed E-state index contributed by atoms with van der Waals surface area (Å²) in [5.74, 6) is 3.20. The number of rotatable bonds is 8. The van der Waals surface area contributed by atoms with Crippen LogP contribution in [0.25, 0.3) is 0 Å². The summed E-state index contributed by atoms with van der Waals surface area (Å²) in [7, 11) is 1.61. The second kappa shape index (κ2) is 9.00. The minimum atomic E-state index is -0.256. The zero-order valence-corrected chi connectivity index (χ0v) is 12.1. The Balaban J connectivity index is 2.61. The van der Waals surface area contributed by atoms with Crippen molar-refractivity contribution in [1.29, 1.82) is 0 Å². The van der Waals surface area contributed by atoms with Gasteiger partial charge in [-0.2, -0.15) is 0 Å². The fourth-order valence-electron chi connectivity index (χ4n) is 1.82. The molecule has 20 heavy (non-hydrogen) atoms. The van der Waals surface area contributed by atoms with E-state index in [-0.39, 0.29) is 11.9 Å². The van der Waals surface area contributed by atoms with Gasteiger partial charge in [0.2, 0.25) is 5.91 Å². The Hall–Kier alpha value is -1.99. The Morgan fingerprint density at radius 2 is 2.10 bits per heavy atom. The molecule has 1 rings (SSSR count). The van der Waals surface area contributed by atoms with Gasteiger partial charge in [0.1, 0.15) is 5.75 Å². The number of methoxy groups -OCH3 is 1. The molecule has 0 saturated carbocycles. The van der Waals surface area contributed by atoms with Crippen molar-refractivity contribution in [2.75, 3.05) is 19.0 Å². The van der Waals surface area contributed by atoms with Gasteiger partial charge in [-0.15, -0.1) is 6.42 Å². The quantitative estimate of drug-likeness (QED) is 0.716. The molecule has 0 spiro atoms. The molecule has 0 bridgehead atoms. The van der Waals surface area contributed by atoms with E-state index >= 15 is 0 Å². The number of amides is 1. The van der Waals surface area contributed by atoms with Crippen molar-refractivity contribution in [1.82, 2.24) is 5.32 Å². The highest BCUT2D eigenvalue weighted by Gasteiger charge is 2.16. The van der Waals surface area contributed by atoms with Crippen molar-refractivity contribution < 1.29 is 9.53 Å². The van der Waals surface area contributed by atoms with Crippen LogP contribution in [0, 0.1) is 12.3 Å². The van der Waals surface area contributed by atoms with E-state index in [9.17, 15) is 4.79 Å². The first-order chi connectivity index (χ1) is 9.71. The second-order valence-corrected chi connectivity index (χ2v) is 4.50. The Kier molecular flexibility index (Phi) is 7.23. The molecule has 0 aliphatic rings. The van der Waals surface area contributed by atoms with Gasteiger partial charge in [0.15, 0.2) is 0 Å². The van der Waals surface area contributed by atoms with Gasteiger partial charge >= 0.3 is 0 Å². The number of nitrogens with one attached hydrogen (secondary N) is 2. The third-order valence-corrected chi connectivity index (χ3v) is 2.97. The molecule has 0 heterocycles. The maximum atomic E-state index is 12.2. The molecule has 1 atom stereocenters. The number of terminal acetylenes is 1. The molecule has 4 heteroatoms. The van der Waals surface area contributed by atoms with Crippen LogP contribution in [0.5, 0.6) is 5.75 Å². The van der Waals surface area contributed by atoms with Crippen molar-refractivity contribution in [3.05, 3.63) is 24.3 Å². The second-order valence-electron chi connectivity index (χ2n) is 4.50. The summed E-state index contributed by atoms with van der Waals surface area (Å²) in [5, 5.41) is 5.96. The minimum Gasteiger partial charge on any atom is -0.497 e. The van der Waals surface area contributed by atoms with Crippen LogP contribution in [-0.2, 0) is 4.79 Å². The lowest BCUT2D eigenvalue weighted by molar-refractivity contribution is -0.118. The Morgan fingerprint density at radius 3 is 2.65 bits per heavy atom. The fourth-order valence-corrected chi connectivity index (χ4v) is 1.82. The smallest absolute Gasteiger partial charge is 0.241 e. The number of carbonyl (C=O) groups is 1. The predicted molar refractivity (Wildman–Crippen MR) is 81.8 cm³/mol. The number of anilines is 1. The third-order valence-electron chi connectivity index (χ3n) is 2.97. The van der Waals surface area contributed by atoms with Gasteiger partial charge in [-0.3, -0.25) is 10.1 Å². The predicted octanol–water partition coefficient (Wildman–Crippen LogP) is 2.42. The number of ether oxygens (including phenoxy) is 1. The van der Waals surface area contributed by atoms with E-state index in [0.717, 1.165) is 30.7 Å². The fraction of sp³-hybridized carbons (Fsp3) is 0.438. The highest BCUT2D eigenvalue weighted by Crippen LogP contribution is 2.15. The molecule has 1 aromatic carbocycles. The number of carbonyl (C=O) groups excluding carboxylic acids is 1. The van der Waals surface area contributed by atoms with Crippen molar-refractivity contribution in [2.45, 2.75) is 32.2 Å². The monoisotopic (exact) mass is 274 g/mol. The SMILES string of the molecule is C#CCNC(CCCC)C(=O)Nc1ccc(OC)cc1. The lowest BCUT2D eigenvalue weighted by Crippen LogP contribution is -2.40. The van der Waals surface area contributed by atoms with Gasteiger partial charge in [-0.05, 0) is 30.7 Å². The summed E-state index contributed by atoms with van der Waals surface area (Å²) >= 11 is 0. The molecule has 4 nitrogen and oxygen atoms in total. The highest BCUT2D eigenvalue weighted by atomic mass is 16.5. The van der Waals surface area contributed by atoms with Crippen LogP contribution in [0.4, 0.5) is 5.69 Å². The zero-order valence-electron chi connectivity index (χ0n) is 12.1. The molecule has 1 aromatic rings. The maximum Gasteiger partial charge on any atom is 0.241 e. The van der Waals surface area contributed by atoms with Gasteiger partial charge in [0.25, 0.3) is 0 Å². The third kappa shape index (κ3) is 5.33. The molecule has 1 amide bonds. The molecule has 0 aromatic heterocycles. The van der Waals surface area contributed by atoms with Crippen LogP contribution in [0.1, 0.15) is 26.2 Å². The van der Waals surface area contributed by atoms with Gasteiger partial charge < -0.3 is 10.1 Å². The van der Waals surface area contributed by atoms with Crippen molar-refractivity contribution in [3.63, 3.8) is 0 Å². The molecule has 0 aliphatic heterocycles. The standard InChI is InChI=1S/C16H22N2O2/c1-4-6-7-15(17-12-5-2)16(19)18-13-8-10-14(20-3)11-9-13/h2,8-11,15,17H,4,6-7,12H2,1,3H3,(H,18,19). The number of hydrogen-bond donors (Lipinski definition) is 2. The maximum absolute atomic E-state index is 12.2. The van der Waals surface area contributed by atoms with Crippen LogP contribution < -0.4 is 15.4 Å². The van der Waals surface area contributed by atoms with Crippen molar-refractivity contribution in [2.24, 2.45) is 0 Å². The summed E-state index contributed by atoms with van der Waals surface area (Å²) in [6.45, 7) is 2.49. The van der Waals surface area contributed by atoms with E-state index in [1.807, 2.05) is 24.3 Å².